The number of rotatable bonds is 6. The molecular weight excluding hydrogens is 338 g/mol. The topological polar surface area (TPSA) is 79.4 Å². The number of para-hydroxylation sites is 1. The molecule has 1 aromatic carbocycles. The van der Waals surface area contributed by atoms with E-state index in [-0.39, 0.29) is 23.4 Å². The quantitative estimate of drug-likeness (QED) is 0.859. The smallest absolute Gasteiger partial charge is 0.245 e. The molecule has 6 nitrogen and oxygen atoms in total. The number of benzene rings is 1. The summed E-state index contributed by atoms with van der Waals surface area (Å²) in [6.45, 7) is 3.62. The van der Waals surface area contributed by atoms with Crippen LogP contribution in [0, 0.1) is 13.8 Å². The van der Waals surface area contributed by atoms with E-state index in [2.05, 4.69) is 10.3 Å². The van der Waals surface area contributed by atoms with Crippen molar-refractivity contribution in [3.05, 3.63) is 53.9 Å². The van der Waals surface area contributed by atoms with Gasteiger partial charge in [-0.25, -0.2) is 8.42 Å². The van der Waals surface area contributed by atoms with Crippen LogP contribution in [0.5, 0.6) is 0 Å². The molecule has 1 N–H and O–H groups in total. The van der Waals surface area contributed by atoms with Crippen LogP contribution in [-0.2, 0) is 14.8 Å². The molecular formula is C18H21N3O3S. The number of aryl methyl sites for hydroxylation is 2. The Kier molecular flexibility index (Phi) is 4.87. The summed E-state index contributed by atoms with van der Waals surface area (Å²) >= 11 is 0. The zero-order valence-electron chi connectivity index (χ0n) is 14.3. The minimum atomic E-state index is -3.74. The minimum absolute atomic E-state index is 0.113. The average Bonchev–Trinajstić information content (AvgIpc) is 3.41. The van der Waals surface area contributed by atoms with Gasteiger partial charge in [0, 0.05) is 24.1 Å². The number of hydrogen-bond acceptors (Lipinski definition) is 4. The van der Waals surface area contributed by atoms with Gasteiger partial charge in [0.1, 0.15) is 4.90 Å². The Balaban J connectivity index is 1.80. The van der Waals surface area contributed by atoms with Gasteiger partial charge in [0.2, 0.25) is 15.9 Å². The predicted molar refractivity (Wildman–Crippen MR) is 95.7 cm³/mol. The molecule has 1 fully saturated rings. The first-order valence-electron chi connectivity index (χ1n) is 8.17. The monoisotopic (exact) mass is 359 g/mol. The number of sulfonamides is 1. The van der Waals surface area contributed by atoms with Gasteiger partial charge in [0.05, 0.1) is 6.54 Å². The Morgan fingerprint density at radius 3 is 2.44 bits per heavy atom. The highest BCUT2D eigenvalue weighted by atomic mass is 32.2. The zero-order chi connectivity index (χ0) is 18.0. The maximum absolute atomic E-state index is 12.8. The molecule has 0 bridgehead atoms. The summed E-state index contributed by atoms with van der Waals surface area (Å²) in [5.74, 6) is -0.336. The molecule has 1 aliphatic rings. The van der Waals surface area contributed by atoms with Crippen LogP contribution in [0.4, 0.5) is 5.69 Å². The minimum Gasteiger partial charge on any atom is -0.324 e. The molecule has 0 atom stereocenters. The fourth-order valence-corrected chi connectivity index (χ4v) is 4.35. The average molecular weight is 359 g/mol. The number of carbonyl (C=O) groups excluding carboxylic acids is 1. The number of nitrogens with one attached hydrogen (secondary N) is 1. The molecule has 0 spiro atoms. The Morgan fingerprint density at radius 2 is 1.88 bits per heavy atom. The van der Waals surface area contributed by atoms with E-state index >= 15 is 0 Å². The van der Waals surface area contributed by atoms with E-state index in [1.165, 1.54) is 22.8 Å². The lowest BCUT2D eigenvalue weighted by molar-refractivity contribution is -0.116. The summed E-state index contributed by atoms with van der Waals surface area (Å²) in [7, 11) is -3.74. The van der Waals surface area contributed by atoms with Crippen LogP contribution in [0.1, 0.15) is 24.0 Å². The van der Waals surface area contributed by atoms with Crippen molar-refractivity contribution >= 4 is 21.6 Å². The van der Waals surface area contributed by atoms with Crippen LogP contribution >= 0.6 is 0 Å². The third kappa shape index (κ3) is 3.88. The van der Waals surface area contributed by atoms with Crippen LogP contribution in [0.15, 0.2) is 47.6 Å². The first-order valence-corrected chi connectivity index (χ1v) is 9.61. The molecule has 1 aromatic heterocycles. The Hall–Kier alpha value is -2.25. The van der Waals surface area contributed by atoms with Crippen molar-refractivity contribution in [1.82, 2.24) is 9.29 Å². The molecule has 25 heavy (non-hydrogen) atoms. The molecule has 0 aliphatic heterocycles. The van der Waals surface area contributed by atoms with Gasteiger partial charge in [-0.05, 0) is 49.9 Å². The van der Waals surface area contributed by atoms with Gasteiger partial charge >= 0.3 is 0 Å². The summed E-state index contributed by atoms with van der Waals surface area (Å²) in [4.78, 5) is 16.5. The standard InChI is InChI=1S/C18H21N3O3S/c1-13-5-3-6-14(2)18(13)20-17(22)12-21(15-8-9-15)25(23,24)16-7-4-10-19-11-16/h3-7,10-11,15H,8-9,12H2,1-2H3,(H,20,22). The molecule has 1 saturated carbocycles. The summed E-state index contributed by atoms with van der Waals surface area (Å²) in [6, 6.07) is 8.70. The molecule has 0 radical (unpaired) electrons. The van der Waals surface area contributed by atoms with Crippen LogP contribution in [0.2, 0.25) is 0 Å². The van der Waals surface area contributed by atoms with Gasteiger partial charge in [0.15, 0.2) is 0 Å². The molecule has 3 rings (SSSR count). The van der Waals surface area contributed by atoms with E-state index in [9.17, 15) is 13.2 Å². The predicted octanol–water partition coefficient (Wildman–Crippen LogP) is 2.49. The van der Waals surface area contributed by atoms with E-state index in [0.29, 0.717) is 0 Å². The molecule has 132 valence electrons. The van der Waals surface area contributed by atoms with Crippen LogP contribution in [0.25, 0.3) is 0 Å². The van der Waals surface area contributed by atoms with E-state index in [1.54, 1.807) is 6.07 Å². The second-order valence-electron chi connectivity index (χ2n) is 6.29. The van der Waals surface area contributed by atoms with Crippen molar-refractivity contribution in [3.8, 4) is 0 Å². The van der Waals surface area contributed by atoms with E-state index in [4.69, 9.17) is 0 Å². The lowest BCUT2D eigenvalue weighted by atomic mass is 10.1. The van der Waals surface area contributed by atoms with Gasteiger partial charge in [-0.15, -0.1) is 0 Å². The van der Waals surface area contributed by atoms with Crippen molar-refractivity contribution in [2.75, 3.05) is 11.9 Å². The van der Waals surface area contributed by atoms with Crippen LogP contribution < -0.4 is 5.32 Å². The van der Waals surface area contributed by atoms with Crippen molar-refractivity contribution in [2.45, 2.75) is 37.6 Å². The Labute approximate surface area is 147 Å². The first-order chi connectivity index (χ1) is 11.9. The highest BCUT2D eigenvalue weighted by Crippen LogP contribution is 2.31. The lowest BCUT2D eigenvalue weighted by Crippen LogP contribution is -2.39. The highest BCUT2D eigenvalue weighted by molar-refractivity contribution is 7.89. The van der Waals surface area contributed by atoms with Gasteiger partial charge in [-0.1, -0.05) is 18.2 Å². The molecule has 1 aliphatic carbocycles. The van der Waals surface area contributed by atoms with Crippen molar-refractivity contribution < 1.29 is 13.2 Å². The van der Waals surface area contributed by atoms with Gasteiger partial charge < -0.3 is 5.32 Å². The lowest BCUT2D eigenvalue weighted by Gasteiger charge is -2.22. The van der Waals surface area contributed by atoms with Crippen molar-refractivity contribution in [3.63, 3.8) is 0 Å². The number of pyridine rings is 1. The Morgan fingerprint density at radius 1 is 1.20 bits per heavy atom. The van der Waals surface area contributed by atoms with Gasteiger partial charge in [0.25, 0.3) is 0 Å². The van der Waals surface area contributed by atoms with Crippen molar-refractivity contribution in [2.24, 2.45) is 0 Å². The fourth-order valence-electron chi connectivity index (χ4n) is 2.74. The molecule has 0 unspecified atom stereocenters. The van der Waals surface area contributed by atoms with Crippen LogP contribution in [-0.4, -0.2) is 36.2 Å². The third-order valence-corrected chi connectivity index (χ3v) is 6.12. The van der Waals surface area contributed by atoms with Gasteiger partial charge in [-0.2, -0.15) is 4.31 Å². The highest BCUT2D eigenvalue weighted by Gasteiger charge is 2.39. The zero-order valence-corrected chi connectivity index (χ0v) is 15.1. The number of carbonyl (C=O) groups is 1. The summed E-state index contributed by atoms with van der Waals surface area (Å²) in [5, 5.41) is 2.85. The Bertz CT molecular complexity index is 857. The van der Waals surface area contributed by atoms with Crippen molar-refractivity contribution in [1.29, 1.82) is 0 Å². The molecule has 0 saturated heterocycles. The molecule has 1 amide bonds. The number of amides is 1. The molecule has 2 aromatic rings. The second-order valence-corrected chi connectivity index (χ2v) is 8.18. The molecule has 1 heterocycles. The fraction of sp³-hybridized carbons (Fsp3) is 0.333. The van der Waals surface area contributed by atoms with E-state index < -0.39 is 10.0 Å². The molecule has 7 heteroatoms. The second kappa shape index (κ2) is 6.93. The normalized spacial score (nSPS) is 14.5. The van der Waals surface area contributed by atoms with Gasteiger partial charge in [-0.3, -0.25) is 9.78 Å². The number of aromatic nitrogens is 1. The summed E-state index contributed by atoms with van der Waals surface area (Å²) in [6.07, 6.45) is 4.38. The number of anilines is 1. The van der Waals surface area contributed by atoms with E-state index in [0.717, 1.165) is 29.7 Å². The summed E-state index contributed by atoms with van der Waals surface area (Å²) < 4.78 is 27.0. The first kappa shape index (κ1) is 17.6. The largest absolute Gasteiger partial charge is 0.324 e. The number of nitrogens with zero attached hydrogens (tertiary/aromatic N) is 2. The maximum atomic E-state index is 12.8. The van der Waals surface area contributed by atoms with E-state index in [1.807, 2.05) is 32.0 Å². The summed E-state index contributed by atoms with van der Waals surface area (Å²) in [5.41, 5.74) is 2.63. The number of hydrogen-bond donors (Lipinski definition) is 1. The van der Waals surface area contributed by atoms with Crippen LogP contribution in [0.3, 0.4) is 0 Å². The third-order valence-electron chi connectivity index (χ3n) is 4.24. The maximum Gasteiger partial charge on any atom is 0.245 e. The SMILES string of the molecule is Cc1cccc(C)c1NC(=O)CN(C1CC1)S(=O)(=O)c1cccnc1.